The van der Waals surface area contributed by atoms with Crippen LogP contribution < -0.4 is 10.1 Å². The zero-order chi connectivity index (χ0) is 13.7. The van der Waals surface area contributed by atoms with Gasteiger partial charge in [-0.05, 0) is 24.7 Å². The first-order valence-corrected chi connectivity index (χ1v) is 6.79. The average Bonchev–Trinajstić information content (AvgIpc) is 2.85. The van der Waals surface area contributed by atoms with E-state index in [1.54, 1.807) is 24.5 Å². The molecule has 0 spiro atoms. The van der Waals surface area contributed by atoms with Gasteiger partial charge in [0.05, 0.1) is 11.3 Å². The molecular weight excluding hydrogens is 285 g/mol. The predicted molar refractivity (Wildman–Crippen MR) is 76.9 cm³/mol. The fourth-order valence-electron chi connectivity index (χ4n) is 1.60. The molecule has 1 heterocycles. The minimum absolute atomic E-state index is 0.326. The maximum atomic E-state index is 6.01. The Morgan fingerprint density at radius 3 is 2.89 bits per heavy atom. The van der Waals surface area contributed by atoms with E-state index in [-0.39, 0.29) is 0 Å². The van der Waals surface area contributed by atoms with Crippen molar-refractivity contribution < 1.29 is 9.15 Å². The van der Waals surface area contributed by atoms with Crippen LogP contribution >= 0.6 is 23.2 Å². The molecular formula is C14H15Cl2NO2. The molecule has 19 heavy (non-hydrogen) atoms. The zero-order valence-corrected chi connectivity index (χ0v) is 12.1. The predicted octanol–water partition coefficient (Wildman–Crippen LogP) is 4.27. The molecule has 1 aromatic carbocycles. The van der Waals surface area contributed by atoms with Gasteiger partial charge in [0.2, 0.25) is 0 Å². The Balaban J connectivity index is 1.94. The Bertz CT molecular complexity index is 540. The van der Waals surface area contributed by atoms with Crippen molar-refractivity contribution in [2.24, 2.45) is 0 Å². The number of rotatable bonds is 6. The van der Waals surface area contributed by atoms with Crippen LogP contribution in [0.2, 0.25) is 10.0 Å². The maximum absolute atomic E-state index is 6.01. The van der Waals surface area contributed by atoms with Gasteiger partial charge >= 0.3 is 0 Å². The van der Waals surface area contributed by atoms with Crippen molar-refractivity contribution in [3.05, 3.63) is 51.9 Å². The molecule has 3 nitrogen and oxygen atoms in total. The number of hydrogen-bond acceptors (Lipinski definition) is 3. The lowest BCUT2D eigenvalue weighted by atomic mass is 10.3. The van der Waals surface area contributed by atoms with Gasteiger partial charge in [0.25, 0.3) is 0 Å². The summed E-state index contributed by atoms with van der Waals surface area (Å²) in [6.07, 6.45) is 1.72. The standard InChI is InChI=1S/C14H15Cl2NO2/c1-2-17-7-10-5-12(18-8-10)9-19-14-6-11(15)3-4-13(14)16/h3-6,8,17H,2,7,9H2,1H3. The number of ether oxygens (including phenoxy) is 1. The Labute approximate surface area is 122 Å². The summed E-state index contributed by atoms with van der Waals surface area (Å²) in [7, 11) is 0. The summed E-state index contributed by atoms with van der Waals surface area (Å²) in [6, 6.07) is 7.07. The minimum atomic E-state index is 0.326. The van der Waals surface area contributed by atoms with Crippen LogP contribution in [0, 0.1) is 0 Å². The highest BCUT2D eigenvalue weighted by molar-refractivity contribution is 6.34. The third-order valence-corrected chi connectivity index (χ3v) is 3.10. The second-order valence-electron chi connectivity index (χ2n) is 4.07. The Kier molecular flexibility index (Phi) is 5.14. The molecule has 0 saturated heterocycles. The van der Waals surface area contributed by atoms with Crippen LogP contribution in [0.3, 0.4) is 0 Å². The summed E-state index contributed by atoms with van der Waals surface area (Å²) in [5.74, 6) is 1.31. The van der Waals surface area contributed by atoms with E-state index in [1.807, 2.05) is 6.07 Å². The lowest BCUT2D eigenvalue weighted by Gasteiger charge is -2.06. The fourth-order valence-corrected chi connectivity index (χ4v) is 1.93. The Hall–Kier alpha value is -1.16. The molecule has 0 unspecified atom stereocenters. The van der Waals surface area contributed by atoms with Gasteiger partial charge in [0.15, 0.2) is 0 Å². The molecule has 2 aromatic rings. The molecule has 0 atom stereocenters. The number of hydrogen-bond donors (Lipinski definition) is 1. The van der Waals surface area contributed by atoms with E-state index in [0.717, 1.165) is 24.4 Å². The molecule has 0 fully saturated rings. The third kappa shape index (κ3) is 4.16. The van der Waals surface area contributed by atoms with Crippen molar-refractivity contribution >= 4 is 23.2 Å². The largest absolute Gasteiger partial charge is 0.484 e. The second kappa shape index (κ2) is 6.85. The number of halogens is 2. The van der Waals surface area contributed by atoms with E-state index >= 15 is 0 Å². The first-order valence-electron chi connectivity index (χ1n) is 6.04. The normalized spacial score (nSPS) is 10.7. The van der Waals surface area contributed by atoms with Crippen LogP contribution in [0.5, 0.6) is 5.75 Å². The SMILES string of the molecule is CCNCc1coc(COc2cc(Cl)ccc2Cl)c1. The molecule has 2 rings (SSSR count). The van der Waals surface area contributed by atoms with Gasteiger partial charge < -0.3 is 14.5 Å². The highest BCUT2D eigenvalue weighted by Crippen LogP contribution is 2.28. The van der Waals surface area contributed by atoms with Gasteiger partial charge in [0.1, 0.15) is 18.1 Å². The molecule has 0 bridgehead atoms. The smallest absolute Gasteiger partial charge is 0.146 e. The summed E-state index contributed by atoms with van der Waals surface area (Å²) in [6.45, 7) is 4.10. The highest BCUT2D eigenvalue weighted by atomic mass is 35.5. The monoisotopic (exact) mass is 299 g/mol. The van der Waals surface area contributed by atoms with Gasteiger partial charge in [-0.2, -0.15) is 0 Å². The van der Waals surface area contributed by atoms with Crippen molar-refractivity contribution in [3.63, 3.8) is 0 Å². The Morgan fingerprint density at radius 1 is 1.26 bits per heavy atom. The highest BCUT2D eigenvalue weighted by Gasteiger charge is 2.06. The van der Waals surface area contributed by atoms with Crippen LogP contribution in [-0.4, -0.2) is 6.54 Å². The molecule has 0 radical (unpaired) electrons. The lowest BCUT2D eigenvalue weighted by molar-refractivity contribution is 0.270. The molecule has 5 heteroatoms. The number of furan rings is 1. The third-order valence-electron chi connectivity index (χ3n) is 2.55. The van der Waals surface area contributed by atoms with Gasteiger partial charge in [0, 0.05) is 23.2 Å². The Morgan fingerprint density at radius 2 is 2.11 bits per heavy atom. The van der Waals surface area contributed by atoms with Crippen molar-refractivity contribution in [3.8, 4) is 5.75 Å². The summed E-state index contributed by atoms with van der Waals surface area (Å²) in [5, 5.41) is 4.35. The van der Waals surface area contributed by atoms with Crippen LogP contribution in [0.1, 0.15) is 18.2 Å². The quantitative estimate of drug-likeness (QED) is 0.865. The van der Waals surface area contributed by atoms with Crippen LogP contribution in [0.4, 0.5) is 0 Å². The minimum Gasteiger partial charge on any atom is -0.484 e. The van der Waals surface area contributed by atoms with Crippen molar-refractivity contribution in [1.29, 1.82) is 0 Å². The zero-order valence-electron chi connectivity index (χ0n) is 10.6. The molecule has 0 amide bonds. The summed E-state index contributed by atoms with van der Waals surface area (Å²) < 4.78 is 11.0. The van der Waals surface area contributed by atoms with Crippen LogP contribution in [0.25, 0.3) is 0 Å². The van der Waals surface area contributed by atoms with E-state index in [2.05, 4.69) is 12.2 Å². The van der Waals surface area contributed by atoms with Gasteiger partial charge in [-0.3, -0.25) is 0 Å². The van der Waals surface area contributed by atoms with Gasteiger partial charge in [-0.25, -0.2) is 0 Å². The van der Waals surface area contributed by atoms with Crippen LogP contribution in [0.15, 0.2) is 34.9 Å². The van der Waals surface area contributed by atoms with E-state index in [0.29, 0.717) is 22.4 Å². The topological polar surface area (TPSA) is 34.4 Å². The second-order valence-corrected chi connectivity index (χ2v) is 4.91. The molecule has 0 aliphatic rings. The first kappa shape index (κ1) is 14.3. The first-order chi connectivity index (χ1) is 9.19. The summed E-state index contributed by atoms with van der Waals surface area (Å²) >= 11 is 11.9. The van der Waals surface area contributed by atoms with Crippen molar-refractivity contribution in [2.75, 3.05) is 6.54 Å². The molecule has 0 aliphatic heterocycles. The van der Waals surface area contributed by atoms with Crippen molar-refractivity contribution in [2.45, 2.75) is 20.1 Å². The average molecular weight is 300 g/mol. The number of nitrogens with one attached hydrogen (secondary N) is 1. The molecule has 0 saturated carbocycles. The molecule has 1 aromatic heterocycles. The van der Waals surface area contributed by atoms with Crippen molar-refractivity contribution in [1.82, 2.24) is 5.32 Å². The fraction of sp³-hybridized carbons (Fsp3) is 0.286. The van der Waals surface area contributed by atoms with Gasteiger partial charge in [-0.15, -0.1) is 0 Å². The van der Waals surface area contributed by atoms with E-state index in [1.165, 1.54) is 0 Å². The molecule has 0 aliphatic carbocycles. The molecule has 102 valence electrons. The van der Waals surface area contributed by atoms with E-state index in [4.69, 9.17) is 32.4 Å². The maximum Gasteiger partial charge on any atom is 0.146 e. The molecule has 1 N–H and O–H groups in total. The number of benzene rings is 1. The van der Waals surface area contributed by atoms with E-state index in [9.17, 15) is 0 Å². The van der Waals surface area contributed by atoms with Gasteiger partial charge in [-0.1, -0.05) is 30.1 Å². The summed E-state index contributed by atoms with van der Waals surface area (Å²) in [5.41, 5.74) is 1.10. The summed E-state index contributed by atoms with van der Waals surface area (Å²) in [4.78, 5) is 0. The van der Waals surface area contributed by atoms with Crippen LogP contribution in [-0.2, 0) is 13.2 Å². The lowest BCUT2D eigenvalue weighted by Crippen LogP contribution is -2.10. The van der Waals surface area contributed by atoms with E-state index < -0.39 is 0 Å².